The van der Waals surface area contributed by atoms with E-state index in [2.05, 4.69) is 15.9 Å². The lowest BCUT2D eigenvalue weighted by atomic mass is 10.2. The monoisotopic (exact) mass is 264 g/mol. The molecule has 0 aliphatic carbocycles. The Morgan fingerprint density at radius 2 is 1.64 bits per heavy atom. The second-order valence-electron chi connectivity index (χ2n) is 3.92. The lowest BCUT2D eigenvalue weighted by Gasteiger charge is -2.25. The van der Waals surface area contributed by atoms with Gasteiger partial charge in [-0.1, -0.05) is 15.9 Å². The van der Waals surface area contributed by atoms with Crippen molar-refractivity contribution in [2.45, 2.75) is 18.2 Å². The first-order valence-electron chi connectivity index (χ1n) is 4.31. The zero-order valence-electron chi connectivity index (χ0n) is 9.30. The molecule has 0 atom stereocenters. The first kappa shape index (κ1) is 13.4. The summed E-state index contributed by atoms with van der Waals surface area (Å²) in [4.78, 5) is 25.8. The van der Waals surface area contributed by atoms with E-state index in [0.29, 0.717) is 0 Å². The van der Waals surface area contributed by atoms with Gasteiger partial charge in [-0.2, -0.15) is 0 Å². The zero-order chi connectivity index (χ0) is 11.5. The molecule has 0 saturated carbocycles. The molecule has 2 amide bonds. The molecule has 0 spiro atoms. The average molecular weight is 265 g/mol. The van der Waals surface area contributed by atoms with E-state index < -0.39 is 4.32 Å². The van der Waals surface area contributed by atoms with E-state index in [4.69, 9.17) is 0 Å². The lowest BCUT2D eigenvalue weighted by molar-refractivity contribution is -0.138. The molecule has 0 aromatic carbocycles. The van der Waals surface area contributed by atoms with Crippen molar-refractivity contribution >= 4 is 27.7 Å². The number of likely N-dealkylation sites (N-methyl/N-ethyl adjacent to an activating group) is 2. The van der Waals surface area contributed by atoms with Crippen LogP contribution in [0.15, 0.2) is 0 Å². The fraction of sp³-hybridized carbons (Fsp3) is 0.778. The van der Waals surface area contributed by atoms with E-state index in [0.717, 1.165) is 0 Å². The van der Waals surface area contributed by atoms with Crippen LogP contribution in [0.1, 0.15) is 13.8 Å². The third kappa shape index (κ3) is 4.09. The maximum atomic E-state index is 11.6. The Bertz CT molecular complexity index is 233. The molecule has 0 N–H and O–H groups in total. The van der Waals surface area contributed by atoms with Crippen molar-refractivity contribution in [3.05, 3.63) is 0 Å². The number of alkyl halides is 1. The highest BCUT2D eigenvalue weighted by Gasteiger charge is 2.28. The average Bonchev–Trinajstić information content (AvgIpc) is 2.00. The Labute approximate surface area is 93.4 Å². The minimum Gasteiger partial charge on any atom is -0.347 e. The molecule has 82 valence electrons. The Morgan fingerprint density at radius 3 is 1.93 bits per heavy atom. The lowest BCUT2D eigenvalue weighted by Crippen LogP contribution is -2.44. The Morgan fingerprint density at radius 1 is 1.21 bits per heavy atom. The molecule has 14 heavy (non-hydrogen) atoms. The first-order valence-corrected chi connectivity index (χ1v) is 5.10. The molecule has 0 aliphatic rings. The predicted octanol–water partition coefficient (Wildman–Crippen LogP) is 0.706. The predicted molar refractivity (Wildman–Crippen MR) is 59.3 cm³/mol. The third-order valence-corrected chi connectivity index (χ3v) is 2.07. The molecule has 0 rings (SSSR count). The van der Waals surface area contributed by atoms with E-state index in [9.17, 15) is 9.59 Å². The number of amides is 2. The van der Waals surface area contributed by atoms with Gasteiger partial charge in [0, 0.05) is 21.1 Å². The second kappa shape index (κ2) is 4.77. The van der Waals surface area contributed by atoms with Crippen LogP contribution in [0.2, 0.25) is 0 Å². The van der Waals surface area contributed by atoms with Crippen molar-refractivity contribution in [2.75, 3.05) is 27.7 Å². The van der Waals surface area contributed by atoms with Crippen LogP contribution in [0.4, 0.5) is 0 Å². The Hall–Kier alpha value is -0.580. The molecule has 4 nitrogen and oxygen atoms in total. The van der Waals surface area contributed by atoms with Crippen molar-refractivity contribution in [1.82, 2.24) is 9.80 Å². The fourth-order valence-corrected chi connectivity index (χ4v) is 1.17. The van der Waals surface area contributed by atoms with Crippen LogP contribution in [0, 0.1) is 0 Å². The number of carbonyl (C=O) groups is 2. The molecular formula is C9H17BrN2O2. The maximum Gasteiger partial charge on any atom is 0.241 e. The van der Waals surface area contributed by atoms with Crippen LogP contribution in [0.5, 0.6) is 0 Å². The van der Waals surface area contributed by atoms with E-state index in [1.807, 2.05) is 0 Å². The number of nitrogens with zero attached hydrogens (tertiary/aromatic N) is 2. The van der Waals surface area contributed by atoms with Gasteiger partial charge in [-0.05, 0) is 13.8 Å². The van der Waals surface area contributed by atoms with Gasteiger partial charge < -0.3 is 9.80 Å². The highest BCUT2D eigenvalue weighted by Crippen LogP contribution is 2.18. The molecule has 5 heteroatoms. The molecule has 0 aliphatic heterocycles. The highest BCUT2D eigenvalue weighted by atomic mass is 79.9. The van der Waals surface area contributed by atoms with Crippen LogP contribution in [-0.2, 0) is 9.59 Å². The summed E-state index contributed by atoms with van der Waals surface area (Å²) >= 11 is 3.26. The van der Waals surface area contributed by atoms with Gasteiger partial charge in [0.15, 0.2) is 0 Å². The van der Waals surface area contributed by atoms with Gasteiger partial charge in [0.1, 0.15) is 0 Å². The van der Waals surface area contributed by atoms with E-state index in [1.54, 1.807) is 35.0 Å². The van der Waals surface area contributed by atoms with E-state index in [1.165, 1.54) is 9.80 Å². The number of hydrogen-bond acceptors (Lipinski definition) is 2. The summed E-state index contributed by atoms with van der Waals surface area (Å²) in [6, 6.07) is 0. The van der Waals surface area contributed by atoms with Crippen molar-refractivity contribution < 1.29 is 9.59 Å². The summed E-state index contributed by atoms with van der Waals surface area (Å²) in [6.07, 6.45) is 0. The molecule has 0 heterocycles. The van der Waals surface area contributed by atoms with Gasteiger partial charge in [-0.15, -0.1) is 0 Å². The molecule has 0 saturated heterocycles. The SMILES string of the molecule is CN(C)C(=O)CN(C)C(=O)C(C)(C)Br. The molecule has 0 aromatic rings. The number of carbonyl (C=O) groups excluding carboxylic acids is 2. The van der Waals surface area contributed by atoms with Gasteiger partial charge in [0.25, 0.3) is 0 Å². The summed E-state index contributed by atoms with van der Waals surface area (Å²) in [6.45, 7) is 3.62. The third-order valence-electron chi connectivity index (χ3n) is 1.73. The smallest absolute Gasteiger partial charge is 0.241 e. The molecule has 0 fully saturated rings. The van der Waals surface area contributed by atoms with Gasteiger partial charge >= 0.3 is 0 Å². The highest BCUT2D eigenvalue weighted by molar-refractivity contribution is 9.10. The minimum absolute atomic E-state index is 0.0856. The van der Waals surface area contributed by atoms with E-state index in [-0.39, 0.29) is 18.4 Å². The van der Waals surface area contributed by atoms with Crippen LogP contribution >= 0.6 is 15.9 Å². The van der Waals surface area contributed by atoms with Gasteiger partial charge in [0.2, 0.25) is 11.8 Å². The number of hydrogen-bond donors (Lipinski definition) is 0. The van der Waals surface area contributed by atoms with Crippen LogP contribution in [0.25, 0.3) is 0 Å². The number of rotatable bonds is 3. The van der Waals surface area contributed by atoms with Crippen molar-refractivity contribution in [2.24, 2.45) is 0 Å². The zero-order valence-corrected chi connectivity index (χ0v) is 10.9. The normalized spacial score (nSPS) is 11.0. The van der Waals surface area contributed by atoms with Gasteiger partial charge in [-0.25, -0.2) is 0 Å². The van der Waals surface area contributed by atoms with Gasteiger partial charge in [-0.3, -0.25) is 9.59 Å². The molecule has 0 aromatic heterocycles. The topological polar surface area (TPSA) is 40.6 Å². The van der Waals surface area contributed by atoms with Crippen molar-refractivity contribution in [3.63, 3.8) is 0 Å². The quantitative estimate of drug-likeness (QED) is 0.705. The van der Waals surface area contributed by atoms with Crippen LogP contribution < -0.4 is 0 Å². The number of halogens is 1. The fourth-order valence-electron chi connectivity index (χ4n) is 0.870. The van der Waals surface area contributed by atoms with Crippen molar-refractivity contribution in [1.29, 1.82) is 0 Å². The Balaban J connectivity index is 4.30. The summed E-state index contributed by atoms with van der Waals surface area (Å²) in [5.74, 6) is -0.190. The summed E-state index contributed by atoms with van der Waals surface area (Å²) < 4.78 is -0.617. The maximum absolute atomic E-state index is 11.6. The standard InChI is InChI=1S/C9H17BrN2O2/c1-9(2,10)8(14)12(5)6-7(13)11(3)4/h6H2,1-5H3. The van der Waals surface area contributed by atoms with Gasteiger partial charge in [0.05, 0.1) is 10.9 Å². The molecule has 0 bridgehead atoms. The minimum atomic E-state index is -0.617. The molecule has 0 unspecified atom stereocenters. The summed E-state index contributed by atoms with van der Waals surface area (Å²) in [5, 5.41) is 0. The van der Waals surface area contributed by atoms with Crippen LogP contribution in [0.3, 0.4) is 0 Å². The Kier molecular flexibility index (Phi) is 4.58. The first-order chi connectivity index (χ1) is 6.16. The summed E-state index contributed by atoms with van der Waals surface area (Å²) in [5.41, 5.74) is 0. The molecule has 0 radical (unpaired) electrons. The van der Waals surface area contributed by atoms with E-state index >= 15 is 0 Å². The summed E-state index contributed by atoms with van der Waals surface area (Å²) in [7, 11) is 4.95. The second-order valence-corrected chi connectivity index (χ2v) is 5.90. The van der Waals surface area contributed by atoms with Crippen molar-refractivity contribution in [3.8, 4) is 0 Å². The molecular weight excluding hydrogens is 248 g/mol. The van der Waals surface area contributed by atoms with Crippen LogP contribution in [-0.4, -0.2) is 53.6 Å². The largest absolute Gasteiger partial charge is 0.347 e.